The number of nitrogens with zero attached hydrogens (tertiary/aromatic N) is 2. The summed E-state index contributed by atoms with van der Waals surface area (Å²) in [6.45, 7) is 2.87. The molecule has 0 fully saturated rings. The summed E-state index contributed by atoms with van der Waals surface area (Å²) in [6, 6.07) is 12.1. The van der Waals surface area contributed by atoms with Crippen LogP contribution < -0.4 is 0 Å². The highest BCUT2D eigenvalue weighted by molar-refractivity contribution is 5.76. The molecule has 17 heavy (non-hydrogen) atoms. The van der Waals surface area contributed by atoms with Gasteiger partial charge in [-0.3, -0.25) is 0 Å². The maximum atomic E-state index is 5.41. The number of rotatable bonds is 3. The van der Waals surface area contributed by atoms with Gasteiger partial charge in [0, 0.05) is 6.42 Å². The molecule has 0 spiro atoms. The molecule has 3 heteroatoms. The molecule has 0 atom stereocenters. The fraction of sp³-hybridized carbons (Fsp3) is 0.214. The Hall–Kier alpha value is -2.03. The fourth-order valence-corrected chi connectivity index (χ4v) is 2.13. The van der Waals surface area contributed by atoms with Crippen molar-refractivity contribution < 1.29 is 4.42 Å². The lowest BCUT2D eigenvalue weighted by Gasteiger charge is -2.05. The second-order valence-electron chi connectivity index (χ2n) is 4.04. The Morgan fingerprint density at radius 1 is 1.18 bits per heavy atom. The van der Waals surface area contributed by atoms with E-state index in [-0.39, 0.29) is 0 Å². The number of hydrogen-bond donors (Lipinski definition) is 0. The summed E-state index contributed by atoms with van der Waals surface area (Å²) in [4.78, 5) is 4.63. The van der Waals surface area contributed by atoms with Crippen LogP contribution in [0.2, 0.25) is 0 Å². The predicted octanol–water partition coefficient (Wildman–Crippen LogP) is 3.24. The number of imidazole rings is 1. The molecule has 3 nitrogen and oxygen atoms in total. The number of furan rings is 1. The summed E-state index contributed by atoms with van der Waals surface area (Å²) in [5.74, 6) is 2.06. The lowest BCUT2D eigenvalue weighted by atomic mass is 10.3. The Kier molecular flexibility index (Phi) is 2.44. The normalized spacial score (nSPS) is 11.1. The van der Waals surface area contributed by atoms with Gasteiger partial charge in [0.15, 0.2) is 0 Å². The van der Waals surface area contributed by atoms with Gasteiger partial charge in [0.25, 0.3) is 0 Å². The Morgan fingerprint density at radius 2 is 2.06 bits per heavy atom. The van der Waals surface area contributed by atoms with Crippen molar-refractivity contribution in [2.45, 2.75) is 19.9 Å². The number of hydrogen-bond acceptors (Lipinski definition) is 2. The molecular weight excluding hydrogens is 212 g/mol. The van der Waals surface area contributed by atoms with Crippen molar-refractivity contribution in [3.8, 4) is 0 Å². The van der Waals surface area contributed by atoms with Gasteiger partial charge in [0.05, 0.1) is 23.8 Å². The molecule has 0 radical (unpaired) electrons. The zero-order chi connectivity index (χ0) is 11.7. The largest absolute Gasteiger partial charge is 0.467 e. The Balaban J connectivity index is 2.12. The maximum Gasteiger partial charge on any atom is 0.123 e. The van der Waals surface area contributed by atoms with Crippen LogP contribution in [0.15, 0.2) is 47.1 Å². The molecule has 0 saturated carbocycles. The minimum atomic E-state index is 0.747. The number of para-hydroxylation sites is 2. The van der Waals surface area contributed by atoms with Crippen LogP contribution in [0, 0.1) is 0 Å². The van der Waals surface area contributed by atoms with E-state index in [1.807, 2.05) is 30.3 Å². The van der Waals surface area contributed by atoms with E-state index in [1.165, 1.54) is 5.52 Å². The third-order valence-electron chi connectivity index (χ3n) is 2.94. The number of fused-ring (bicyclic) bond motifs is 1. The zero-order valence-electron chi connectivity index (χ0n) is 9.76. The van der Waals surface area contributed by atoms with Crippen molar-refractivity contribution in [1.29, 1.82) is 0 Å². The Bertz CT molecular complexity index is 623. The molecule has 0 saturated heterocycles. The summed E-state index contributed by atoms with van der Waals surface area (Å²) >= 11 is 0. The van der Waals surface area contributed by atoms with E-state index in [1.54, 1.807) is 6.26 Å². The molecule has 0 aliphatic carbocycles. The quantitative estimate of drug-likeness (QED) is 0.686. The average molecular weight is 226 g/mol. The van der Waals surface area contributed by atoms with Crippen LogP contribution in [-0.4, -0.2) is 9.55 Å². The van der Waals surface area contributed by atoms with Crippen LogP contribution in [0.5, 0.6) is 0 Å². The molecule has 0 aliphatic rings. The van der Waals surface area contributed by atoms with Gasteiger partial charge in [-0.25, -0.2) is 4.98 Å². The second kappa shape index (κ2) is 4.09. The molecule has 0 unspecified atom stereocenters. The minimum Gasteiger partial charge on any atom is -0.467 e. The molecule has 3 rings (SSSR count). The first-order chi connectivity index (χ1) is 8.38. The van der Waals surface area contributed by atoms with Gasteiger partial charge in [0.1, 0.15) is 11.6 Å². The van der Waals surface area contributed by atoms with Crippen molar-refractivity contribution in [1.82, 2.24) is 9.55 Å². The van der Waals surface area contributed by atoms with Gasteiger partial charge in [-0.15, -0.1) is 0 Å². The Morgan fingerprint density at radius 3 is 2.82 bits per heavy atom. The SMILES string of the molecule is CCc1nc2ccccc2n1Cc1ccco1. The maximum absolute atomic E-state index is 5.41. The minimum absolute atomic E-state index is 0.747. The van der Waals surface area contributed by atoms with E-state index in [4.69, 9.17) is 4.42 Å². The number of aryl methyl sites for hydroxylation is 1. The van der Waals surface area contributed by atoms with E-state index in [9.17, 15) is 0 Å². The topological polar surface area (TPSA) is 31.0 Å². The molecule has 0 aliphatic heterocycles. The third kappa shape index (κ3) is 1.73. The van der Waals surface area contributed by atoms with E-state index < -0.39 is 0 Å². The van der Waals surface area contributed by atoms with Gasteiger partial charge >= 0.3 is 0 Å². The Labute approximate surface area is 99.7 Å². The fourth-order valence-electron chi connectivity index (χ4n) is 2.13. The summed E-state index contributed by atoms with van der Waals surface area (Å²) in [7, 11) is 0. The van der Waals surface area contributed by atoms with Gasteiger partial charge in [-0.05, 0) is 24.3 Å². The molecule has 2 aromatic heterocycles. The van der Waals surface area contributed by atoms with Crippen molar-refractivity contribution in [3.05, 3.63) is 54.2 Å². The molecule has 0 N–H and O–H groups in total. The van der Waals surface area contributed by atoms with Crippen molar-refractivity contribution in [2.24, 2.45) is 0 Å². The summed E-state index contributed by atoms with van der Waals surface area (Å²) in [6.07, 6.45) is 2.63. The summed E-state index contributed by atoms with van der Waals surface area (Å²) in [5.41, 5.74) is 2.22. The zero-order valence-corrected chi connectivity index (χ0v) is 9.76. The van der Waals surface area contributed by atoms with Crippen LogP contribution in [0.4, 0.5) is 0 Å². The lowest BCUT2D eigenvalue weighted by molar-refractivity contribution is 0.492. The molecule has 0 bridgehead atoms. The van der Waals surface area contributed by atoms with Crippen molar-refractivity contribution in [3.63, 3.8) is 0 Å². The molecular formula is C14H14N2O. The number of aromatic nitrogens is 2. The molecule has 2 heterocycles. The molecule has 0 amide bonds. The highest BCUT2D eigenvalue weighted by Gasteiger charge is 2.09. The van der Waals surface area contributed by atoms with Gasteiger partial charge in [-0.2, -0.15) is 0 Å². The average Bonchev–Trinajstić information content (AvgIpc) is 2.98. The van der Waals surface area contributed by atoms with E-state index in [0.717, 1.165) is 30.1 Å². The smallest absolute Gasteiger partial charge is 0.123 e. The van der Waals surface area contributed by atoms with Gasteiger partial charge < -0.3 is 8.98 Å². The van der Waals surface area contributed by atoms with Gasteiger partial charge in [-0.1, -0.05) is 19.1 Å². The van der Waals surface area contributed by atoms with Crippen LogP contribution in [0.3, 0.4) is 0 Å². The van der Waals surface area contributed by atoms with E-state index in [0.29, 0.717) is 0 Å². The first kappa shape index (κ1) is 10.1. The van der Waals surface area contributed by atoms with Crippen LogP contribution in [0.25, 0.3) is 11.0 Å². The monoisotopic (exact) mass is 226 g/mol. The van der Waals surface area contributed by atoms with Crippen molar-refractivity contribution >= 4 is 11.0 Å². The standard InChI is InChI=1S/C14H14N2O/c1-2-14-15-12-7-3-4-8-13(12)16(14)10-11-6-5-9-17-11/h3-9H,2,10H2,1H3. The highest BCUT2D eigenvalue weighted by atomic mass is 16.3. The molecule has 1 aromatic carbocycles. The first-order valence-corrected chi connectivity index (χ1v) is 5.85. The lowest BCUT2D eigenvalue weighted by Crippen LogP contribution is -2.03. The second-order valence-corrected chi connectivity index (χ2v) is 4.04. The molecule has 3 aromatic rings. The van der Waals surface area contributed by atoms with Gasteiger partial charge in [0.2, 0.25) is 0 Å². The first-order valence-electron chi connectivity index (χ1n) is 5.85. The van der Waals surface area contributed by atoms with Crippen LogP contribution in [-0.2, 0) is 13.0 Å². The summed E-state index contributed by atoms with van der Waals surface area (Å²) < 4.78 is 7.62. The third-order valence-corrected chi connectivity index (χ3v) is 2.94. The number of benzene rings is 1. The van der Waals surface area contributed by atoms with Crippen LogP contribution >= 0.6 is 0 Å². The molecule has 86 valence electrons. The summed E-state index contributed by atoms with van der Waals surface area (Å²) in [5, 5.41) is 0. The van der Waals surface area contributed by atoms with E-state index >= 15 is 0 Å². The van der Waals surface area contributed by atoms with Crippen LogP contribution in [0.1, 0.15) is 18.5 Å². The van der Waals surface area contributed by atoms with E-state index in [2.05, 4.69) is 22.5 Å². The van der Waals surface area contributed by atoms with Crippen molar-refractivity contribution in [2.75, 3.05) is 0 Å². The predicted molar refractivity (Wildman–Crippen MR) is 66.9 cm³/mol. The highest BCUT2D eigenvalue weighted by Crippen LogP contribution is 2.18.